The summed E-state index contributed by atoms with van der Waals surface area (Å²) in [6.07, 6.45) is 2.43. The Labute approximate surface area is 406 Å². The molecule has 0 bridgehead atoms. The van der Waals surface area contributed by atoms with E-state index in [-0.39, 0.29) is 56.7 Å². The number of amides is 11. The number of benzene rings is 1. The molecule has 2 heterocycles. The van der Waals surface area contributed by atoms with Gasteiger partial charge in [0.2, 0.25) is 65.0 Å². The second-order valence-electron chi connectivity index (χ2n) is 18.1. The molecule has 1 saturated heterocycles. The van der Waals surface area contributed by atoms with E-state index in [4.69, 9.17) is 22.9 Å². The van der Waals surface area contributed by atoms with Gasteiger partial charge in [-0.25, -0.2) is 0 Å². The van der Waals surface area contributed by atoms with E-state index in [9.17, 15) is 57.8 Å². The van der Waals surface area contributed by atoms with Gasteiger partial charge in [-0.2, -0.15) is 0 Å². The lowest BCUT2D eigenvalue weighted by molar-refractivity contribution is -0.142. The maximum Gasteiger partial charge on any atom is 0.246 e. The number of primary amides is 3. The predicted molar refractivity (Wildman–Crippen MR) is 252 cm³/mol. The summed E-state index contributed by atoms with van der Waals surface area (Å²) in [6.45, 7) is 6.63. The lowest BCUT2D eigenvalue weighted by atomic mass is 9.96. The largest absolute Gasteiger partial charge is 0.508 e. The molecule has 24 nitrogen and oxygen atoms in total. The molecule has 2 aliphatic heterocycles. The van der Waals surface area contributed by atoms with Crippen LogP contribution in [0, 0.1) is 11.8 Å². The monoisotopic (exact) mass is 983 g/mol. The van der Waals surface area contributed by atoms with Gasteiger partial charge < -0.3 is 70.2 Å². The summed E-state index contributed by atoms with van der Waals surface area (Å²) >= 11 is 0. The second-order valence-corrected chi connectivity index (χ2v) is 18.1. The Kier molecular flexibility index (Phi) is 22.7. The predicted octanol–water partition coefficient (Wildman–Crippen LogP) is -3.26. The van der Waals surface area contributed by atoms with E-state index in [1.54, 1.807) is 32.1 Å². The van der Waals surface area contributed by atoms with Gasteiger partial charge in [0.05, 0.1) is 19.0 Å². The molecule has 24 heteroatoms. The van der Waals surface area contributed by atoms with Crippen molar-refractivity contribution in [2.24, 2.45) is 34.8 Å². The molecule has 2 aliphatic rings. The summed E-state index contributed by atoms with van der Waals surface area (Å²) in [5.41, 5.74) is 23.0. The summed E-state index contributed by atoms with van der Waals surface area (Å²) in [7, 11) is 0. The molecule has 0 aliphatic carbocycles. The van der Waals surface area contributed by atoms with Crippen LogP contribution in [0.4, 0.5) is 0 Å². The number of hydrogen-bond donors (Lipinski definition) is 12. The Morgan fingerprint density at radius 3 is 2.01 bits per heavy atom. The average Bonchev–Trinajstić information content (AvgIpc) is 3.79. The summed E-state index contributed by atoms with van der Waals surface area (Å²) < 4.78 is 0. The number of phenolic OH excluding ortho intramolecular Hbond substituents is 1. The topological polar surface area (TPSA) is 400 Å². The number of likely N-dealkylation sites (tertiary alicyclic amines) is 1. The lowest BCUT2D eigenvalue weighted by Crippen LogP contribution is -2.61. The second kappa shape index (κ2) is 27.8. The first-order chi connectivity index (χ1) is 33.0. The van der Waals surface area contributed by atoms with Crippen molar-refractivity contribution in [2.75, 3.05) is 13.1 Å². The Morgan fingerprint density at radius 2 is 1.40 bits per heavy atom. The van der Waals surface area contributed by atoms with Crippen LogP contribution in [0.2, 0.25) is 0 Å². The third-order valence-electron chi connectivity index (χ3n) is 11.9. The molecule has 9 atom stereocenters. The standard InChI is InChI=1S/C46H70N12O12/c1-5-25(4)38-45(69)52-29(17-18-35(48)60)41(65)55-33(22-36(49)61)42(66)53-30(46(70)58-19-9-12-34(58)44(68)56-31(20-24(2)3)40(64)51-23-37(50)62)11-8-6-7-10-28(47)39(63)54-32(43(67)57-38)21-26-13-15-27(59)16-14-26/h6,8,13-16,24-25,28-34,38,59H,5,7,9-12,17-23,47H2,1-4H3,(H2,48,60)(H2,49,61)(H2,50,62)(H,51,64)(H,52,69)(H,53,66)(H,54,63)(H,55,65)(H,56,68)(H,57,67)/b8-6-/t25-,28+,29+,30+,31+,32+,33+,34+,38+/m1/s1. The Hall–Kier alpha value is -7.11. The first-order valence-electron chi connectivity index (χ1n) is 23.4. The van der Waals surface area contributed by atoms with Gasteiger partial charge in [0, 0.05) is 19.4 Å². The average molecular weight is 983 g/mol. The molecule has 0 saturated carbocycles. The highest BCUT2D eigenvalue weighted by molar-refractivity contribution is 5.99. The summed E-state index contributed by atoms with van der Waals surface area (Å²) in [5.74, 6) is -9.98. The van der Waals surface area contributed by atoms with E-state index in [1.165, 1.54) is 23.1 Å². The first-order valence-corrected chi connectivity index (χ1v) is 23.4. The van der Waals surface area contributed by atoms with E-state index >= 15 is 0 Å². The SMILES string of the molecule is CC[C@@H](C)[C@@H]1NC(=O)[C@H](Cc2ccc(O)cc2)NC(=O)[C@@H](N)CC/C=C\C[C@@H](C(=O)N2CCC[C@H]2C(=O)N[C@@H](CC(C)C)C(=O)NCC(N)=O)NC(=O)[C@H](CC(N)=O)NC(=O)[C@H](CCC(N)=O)NC1=O. The normalized spacial score (nSPS) is 24.5. The van der Waals surface area contributed by atoms with Crippen molar-refractivity contribution in [3.05, 3.63) is 42.0 Å². The molecule has 16 N–H and O–H groups in total. The van der Waals surface area contributed by atoms with E-state index in [2.05, 4.69) is 37.2 Å². The van der Waals surface area contributed by atoms with Crippen LogP contribution < -0.4 is 60.2 Å². The van der Waals surface area contributed by atoms with Gasteiger partial charge in [-0.3, -0.25) is 52.7 Å². The third-order valence-corrected chi connectivity index (χ3v) is 11.9. The van der Waals surface area contributed by atoms with Gasteiger partial charge in [-0.1, -0.05) is 58.4 Å². The van der Waals surface area contributed by atoms with Crippen LogP contribution in [0.5, 0.6) is 5.75 Å². The number of hydrogen-bond acceptors (Lipinski definition) is 13. The molecule has 0 aromatic heterocycles. The Bertz CT molecular complexity index is 2100. The molecular weight excluding hydrogens is 913 g/mol. The zero-order chi connectivity index (χ0) is 52.2. The highest BCUT2D eigenvalue weighted by Crippen LogP contribution is 2.21. The molecule has 3 rings (SSSR count). The van der Waals surface area contributed by atoms with Crippen molar-refractivity contribution >= 4 is 65.0 Å². The number of nitrogens with one attached hydrogen (secondary N) is 7. The molecule has 0 unspecified atom stereocenters. The number of nitrogens with zero attached hydrogens (tertiary/aromatic N) is 1. The van der Waals surface area contributed by atoms with Gasteiger partial charge in [-0.15, -0.1) is 0 Å². The zero-order valence-electron chi connectivity index (χ0n) is 40.1. The van der Waals surface area contributed by atoms with Gasteiger partial charge in [0.25, 0.3) is 0 Å². The lowest BCUT2D eigenvalue weighted by Gasteiger charge is -2.31. The molecule has 386 valence electrons. The van der Waals surface area contributed by atoms with E-state index in [0.717, 1.165) is 0 Å². The van der Waals surface area contributed by atoms with Crippen LogP contribution in [0.15, 0.2) is 36.4 Å². The molecule has 1 aromatic rings. The van der Waals surface area contributed by atoms with E-state index in [1.807, 2.05) is 13.8 Å². The summed E-state index contributed by atoms with van der Waals surface area (Å²) in [4.78, 5) is 148. The molecular formula is C46H70N12O12. The number of aromatic hydroxyl groups is 1. The fraction of sp³-hybridized carbons (Fsp3) is 0.587. The van der Waals surface area contributed by atoms with Crippen LogP contribution in [0.3, 0.4) is 0 Å². The summed E-state index contributed by atoms with van der Waals surface area (Å²) in [5, 5.41) is 27.7. The van der Waals surface area contributed by atoms with E-state index in [0.29, 0.717) is 18.4 Å². The highest BCUT2D eigenvalue weighted by atomic mass is 16.3. The Balaban J connectivity index is 2.06. The smallest absolute Gasteiger partial charge is 0.246 e. The van der Waals surface area contributed by atoms with Crippen molar-refractivity contribution in [2.45, 2.75) is 147 Å². The van der Waals surface area contributed by atoms with E-state index < -0.39 is 145 Å². The van der Waals surface area contributed by atoms with Crippen LogP contribution >= 0.6 is 0 Å². The molecule has 11 amide bonds. The number of phenols is 1. The minimum Gasteiger partial charge on any atom is -0.508 e. The van der Waals surface area contributed by atoms with Crippen molar-refractivity contribution < 1.29 is 57.8 Å². The number of rotatable bonds is 17. The van der Waals surface area contributed by atoms with Crippen LogP contribution in [0.25, 0.3) is 0 Å². The molecule has 70 heavy (non-hydrogen) atoms. The molecule has 0 radical (unpaired) electrons. The van der Waals surface area contributed by atoms with Crippen molar-refractivity contribution in [1.82, 2.24) is 42.1 Å². The molecule has 1 fully saturated rings. The number of carbonyl (C=O) groups is 11. The fourth-order valence-corrected chi connectivity index (χ4v) is 7.83. The number of carbonyl (C=O) groups excluding carboxylic acids is 11. The third kappa shape index (κ3) is 18.4. The van der Waals surface area contributed by atoms with Gasteiger partial charge in [0.15, 0.2) is 0 Å². The van der Waals surface area contributed by atoms with Crippen molar-refractivity contribution in [3.63, 3.8) is 0 Å². The van der Waals surface area contributed by atoms with Crippen LogP contribution in [0.1, 0.15) is 97.5 Å². The maximum absolute atomic E-state index is 14.5. The minimum absolute atomic E-state index is 0.0388. The number of nitrogens with two attached hydrogens (primary N) is 4. The zero-order valence-corrected chi connectivity index (χ0v) is 40.1. The highest BCUT2D eigenvalue weighted by Gasteiger charge is 2.40. The summed E-state index contributed by atoms with van der Waals surface area (Å²) in [6, 6.07) is -4.90. The fourth-order valence-electron chi connectivity index (χ4n) is 7.83. The minimum atomic E-state index is -1.75. The van der Waals surface area contributed by atoms with Crippen LogP contribution in [-0.4, -0.2) is 136 Å². The van der Waals surface area contributed by atoms with Gasteiger partial charge in [-0.05, 0) is 74.5 Å². The van der Waals surface area contributed by atoms with Crippen molar-refractivity contribution in [3.8, 4) is 5.75 Å². The maximum atomic E-state index is 14.5. The molecule has 1 aromatic carbocycles. The van der Waals surface area contributed by atoms with Gasteiger partial charge in [0.1, 0.15) is 48.0 Å². The first kappa shape index (κ1) is 57.2. The van der Waals surface area contributed by atoms with Crippen LogP contribution in [-0.2, 0) is 59.2 Å². The van der Waals surface area contributed by atoms with Crippen molar-refractivity contribution in [1.29, 1.82) is 0 Å². The molecule has 0 spiro atoms. The quantitative estimate of drug-likeness (QED) is 0.0683. The number of allylic oxidation sites excluding steroid dienone is 1. The van der Waals surface area contributed by atoms with Gasteiger partial charge >= 0.3 is 0 Å². The Morgan fingerprint density at radius 1 is 0.771 bits per heavy atom.